The molecule has 16 heavy (non-hydrogen) atoms. The second kappa shape index (κ2) is 3.17. The van der Waals surface area contributed by atoms with E-state index in [1.165, 1.54) is 0 Å². The van der Waals surface area contributed by atoms with Crippen molar-refractivity contribution in [2.45, 2.75) is 56.9 Å². The Bertz CT molecular complexity index is 321. The van der Waals surface area contributed by atoms with Crippen molar-refractivity contribution < 1.29 is 13.6 Å². The van der Waals surface area contributed by atoms with Crippen LogP contribution in [0.4, 0.5) is 8.78 Å². The molecule has 1 atom stereocenters. The Kier molecular flexibility index (Phi) is 2.08. The van der Waals surface area contributed by atoms with Gasteiger partial charge in [0.2, 0.25) is 11.8 Å². The summed E-state index contributed by atoms with van der Waals surface area (Å²) in [5, 5.41) is 2.84. The fourth-order valence-corrected chi connectivity index (χ4v) is 2.99. The summed E-state index contributed by atoms with van der Waals surface area (Å²) in [6, 6.07) is -0.293. The van der Waals surface area contributed by atoms with E-state index in [9.17, 15) is 13.6 Å². The van der Waals surface area contributed by atoms with Crippen LogP contribution in [0.1, 0.15) is 44.9 Å². The molecular formula is C12H17F2NO. The van der Waals surface area contributed by atoms with Crippen LogP contribution < -0.4 is 5.32 Å². The zero-order valence-electron chi connectivity index (χ0n) is 9.27. The van der Waals surface area contributed by atoms with E-state index >= 15 is 0 Å². The van der Waals surface area contributed by atoms with E-state index in [0.29, 0.717) is 12.3 Å². The molecule has 0 aliphatic heterocycles. The van der Waals surface area contributed by atoms with Gasteiger partial charge in [0.25, 0.3) is 0 Å². The van der Waals surface area contributed by atoms with E-state index in [0.717, 1.165) is 25.7 Å². The lowest BCUT2D eigenvalue weighted by molar-refractivity contribution is -0.127. The Morgan fingerprint density at radius 1 is 1.12 bits per heavy atom. The summed E-state index contributed by atoms with van der Waals surface area (Å²) in [7, 11) is 0. The van der Waals surface area contributed by atoms with Gasteiger partial charge in [-0.2, -0.15) is 0 Å². The van der Waals surface area contributed by atoms with Crippen molar-refractivity contribution in [3.8, 4) is 0 Å². The van der Waals surface area contributed by atoms with Gasteiger partial charge < -0.3 is 5.32 Å². The average molecular weight is 229 g/mol. The van der Waals surface area contributed by atoms with E-state index in [1.54, 1.807) is 0 Å². The summed E-state index contributed by atoms with van der Waals surface area (Å²) in [5.74, 6) is -1.96. The Hall–Kier alpha value is -0.670. The molecule has 3 aliphatic rings. The number of hydrogen-bond acceptors (Lipinski definition) is 1. The van der Waals surface area contributed by atoms with Crippen molar-refractivity contribution in [3.63, 3.8) is 0 Å². The minimum Gasteiger partial charge on any atom is -0.353 e. The summed E-state index contributed by atoms with van der Waals surface area (Å²) >= 11 is 0. The number of halogens is 2. The third-order valence-corrected chi connectivity index (χ3v) is 4.34. The second-order valence-electron chi connectivity index (χ2n) is 5.70. The first-order valence-electron chi connectivity index (χ1n) is 6.21. The maximum absolute atomic E-state index is 13.0. The van der Waals surface area contributed by atoms with E-state index in [4.69, 9.17) is 0 Å². The first kappa shape index (κ1) is 10.5. The van der Waals surface area contributed by atoms with Crippen LogP contribution in [0.5, 0.6) is 0 Å². The van der Waals surface area contributed by atoms with Gasteiger partial charge in [-0.3, -0.25) is 4.79 Å². The summed E-state index contributed by atoms with van der Waals surface area (Å²) in [5.41, 5.74) is -0.141. The molecule has 0 heterocycles. The molecule has 1 N–H and O–H groups in total. The lowest BCUT2D eigenvalue weighted by atomic mass is 9.99. The van der Waals surface area contributed by atoms with Crippen LogP contribution in [-0.2, 0) is 4.79 Å². The van der Waals surface area contributed by atoms with Crippen molar-refractivity contribution in [2.24, 2.45) is 11.3 Å². The smallest absolute Gasteiger partial charge is 0.250 e. The van der Waals surface area contributed by atoms with Gasteiger partial charge in [0.15, 0.2) is 0 Å². The minimum absolute atomic E-state index is 0.0534. The highest BCUT2D eigenvalue weighted by Crippen LogP contribution is 2.61. The molecule has 0 saturated heterocycles. The molecule has 2 nitrogen and oxygen atoms in total. The highest BCUT2D eigenvalue weighted by atomic mass is 19.3. The van der Waals surface area contributed by atoms with Crippen LogP contribution in [0, 0.1) is 11.3 Å². The second-order valence-corrected chi connectivity index (χ2v) is 5.70. The number of rotatable bonds is 3. The molecule has 90 valence electrons. The molecule has 3 rings (SSSR count). The first-order valence-corrected chi connectivity index (χ1v) is 6.21. The predicted molar refractivity (Wildman–Crippen MR) is 55.1 cm³/mol. The molecule has 0 spiro atoms. The monoisotopic (exact) mass is 229 g/mol. The molecule has 0 aromatic rings. The van der Waals surface area contributed by atoms with E-state index < -0.39 is 5.92 Å². The Labute approximate surface area is 93.8 Å². The molecule has 4 heteroatoms. The fraction of sp³-hybridized carbons (Fsp3) is 0.917. The van der Waals surface area contributed by atoms with Crippen molar-refractivity contribution in [3.05, 3.63) is 0 Å². The number of hydrogen-bond donors (Lipinski definition) is 1. The van der Waals surface area contributed by atoms with Crippen molar-refractivity contribution in [1.82, 2.24) is 5.32 Å². The lowest BCUT2D eigenvalue weighted by Crippen LogP contribution is -2.40. The predicted octanol–water partition coefficient (Wildman–Crippen LogP) is 2.48. The number of amides is 1. The third-order valence-electron chi connectivity index (χ3n) is 4.34. The lowest BCUT2D eigenvalue weighted by Gasteiger charge is -2.18. The molecule has 0 aromatic heterocycles. The Morgan fingerprint density at radius 2 is 1.81 bits per heavy atom. The Balaban J connectivity index is 1.57. The van der Waals surface area contributed by atoms with Crippen molar-refractivity contribution in [2.75, 3.05) is 0 Å². The van der Waals surface area contributed by atoms with Gasteiger partial charge in [-0.1, -0.05) is 0 Å². The van der Waals surface area contributed by atoms with Gasteiger partial charge >= 0.3 is 0 Å². The quantitative estimate of drug-likeness (QED) is 0.791. The van der Waals surface area contributed by atoms with E-state index in [-0.39, 0.29) is 30.2 Å². The Morgan fingerprint density at radius 3 is 2.25 bits per heavy atom. The molecule has 3 saturated carbocycles. The molecule has 1 amide bonds. The first-order chi connectivity index (χ1) is 7.52. The van der Waals surface area contributed by atoms with Crippen LogP contribution in [0.3, 0.4) is 0 Å². The van der Waals surface area contributed by atoms with Crippen LogP contribution in [0.15, 0.2) is 0 Å². The SMILES string of the molecule is O=C(NC1CCC(F)(F)C1)C1(C2CC2)CC1. The molecule has 1 unspecified atom stereocenters. The van der Waals surface area contributed by atoms with Crippen LogP contribution in [0.25, 0.3) is 0 Å². The van der Waals surface area contributed by atoms with Gasteiger partial charge in [0.05, 0.1) is 5.41 Å². The maximum Gasteiger partial charge on any atom is 0.250 e. The number of alkyl halides is 2. The van der Waals surface area contributed by atoms with Crippen molar-refractivity contribution in [1.29, 1.82) is 0 Å². The highest BCUT2D eigenvalue weighted by molar-refractivity contribution is 5.86. The van der Waals surface area contributed by atoms with Crippen molar-refractivity contribution >= 4 is 5.91 Å². The molecule has 0 bridgehead atoms. The van der Waals surface area contributed by atoms with Gasteiger partial charge in [0, 0.05) is 18.9 Å². The fourth-order valence-electron chi connectivity index (χ4n) is 2.99. The highest BCUT2D eigenvalue weighted by Gasteiger charge is 2.59. The molecule has 0 radical (unpaired) electrons. The summed E-state index contributed by atoms with van der Waals surface area (Å²) in [4.78, 5) is 12.0. The van der Waals surface area contributed by atoms with Crippen LogP contribution >= 0.6 is 0 Å². The maximum atomic E-state index is 13.0. The molecular weight excluding hydrogens is 212 g/mol. The minimum atomic E-state index is -2.56. The topological polar surface area (TPSA) is 29.1 Å². The zero-order valence-corrected chi connectivity index (χ0v) is 9.27. The zero-order chi connectivity index (χ0) is 11.4. The largest absolute Gasteiger partial charge is 0.353 e. The average Bonchev–Trinajstić information content (AvgIpc) is 3.05. The summed E-state index contributed by atoms with van der Waals surface area (Å²) in [6.07, 6.45) is 4.41. The number of nitrogens with one attached hydrogen (secondary N) is 1. The van der Waals surface area contributed by atoms with Gasteiger partial charge in [-0.25, -0.2) is 8.78 Å². The summed E-state index contributed by atoms with van der Waals surface area (Å²) in [6.45, 7) is 0. The van der Waals surface area contributed by atoms with Gasteiger partial charge in [-0.05, 0) is 38.0 Å². The van der Waals surface area contributed by atoms with Gasteiger partial charge in [0.1, 0.15) is 0 Å². The van der Waals surface area contributed by atoms with Gasteiger partial charge in [-0.15, -0.1) is 0 Å². The summed E-state index contributed by atoms with van der Waals surface area (Å²) < 4.78 is 26.0. The standard InChI is InChI=1S/C12H17F2NO/c13-12(14)4-3-9(7-12)15-10(16)11(5-6-11)8-1-2-8/h8-9H,1-7H2,(H,15,16). The van der Waals surface area contributed by atoms with Crippen LogP contribution in [-0.4, -0.2) is 17.9 Å². The molecule has 3 fully saturated rings. The normalized spacial score (nSPS) is 34.8. The van der Waals surface area contributed by atoms with Crippen LogP contribution in [0.2, 0.25) is 0 Å². The molecule has 3 aliphatic carbocycles. The molecule has 0 aromatic carbocycles. The third kappa shape index (κ3) is 1.72. The number of carbonyl (C=O) groups excluding carboxylic acids is 1. The van der Waals surface area contributed by atoms with E-state index in [1.807, 2.05) is 0 Å². The number of carbonyl (C=O) groups is 1. The van der Waals surface area contributed by atoms with E-state index in [2.05, 4.69) is 5.32 Å².